The molecule has 1 N–H and O–H groups in total. The maximum atomic E-state index is 5.61. The van der Waals surface area contributed by atoms with E-state index in [4.69, 9.17) is 9.72 Å². The van der Waals surface area contributed by atoms with E-state index in [0.717, 1.165) is 34.8 Å². The third-order valence-corrected chi connectivity index (χ3v) is 3.96. The summed E-state index contributed by atoms with van der Waals surface area (Å²) in [6, 6.07) is 0. The van der Waals surface area contributed by atoms with E-state index in [-0.39, 0.29) is 6.10 Å². The lowest BCUT2D eigenvalue weighted by molar-refractivity contribution is 0.0699. The number of nitrogens with zero attached hydrogens (tertiary/aromatic N) is 2. The Morgan fingerprint density at radius 2 is 2.11 bits per heavy atom. The highest BCUT2D eigenvalue weighted by Crippen LogP contribution is 2.44. The van der Waals surface area contributed by atoms with Crippen LogP contribution in [0.15, 0.2) is 4.47 Å². The zero-order valence-electron chi connectivity index (χ0n) is 11.9. The first-order valence-electron chi connectivity index (χ1n) is 7.10. The molecule has 19 heavy (non-hydrogen) atoms. The molecule has 1 saturated carbocycles. The largest absolute Gasteiger partial charge is 0.371 e. The first-order chi connectivity index (χ1) is 9.17. The second-order valence-corrected chi connectivity index (χ2v) is 5.72. The van der Waals surface area contributed by atoms with Crippen molar-refractivity contribution in [2.45, 2.75) is 52.1 Å². The molecule has 1 aliphatic rings. The predicted octanol–water partition coefficient (Wildman–Crippen LogP) is 4.04. The highest BCUT2D eigenvalue weighted by atomic mass is 79.9. The fourth-order valence-electron chi connectivity index (χ4n) is 1.98. The molecule has 5 heteroatoms. The van der Waals surface area contributed by atoms with Crippen LogP contribution >= 0.6 is 15.9 Å². The first-order valence-corrected chi connectivity index (χ1v) is 7.89. The Morgan fingerprint density at radius 3 is 2.68 bits per heavy atom. The summed E-state index contributed by atoms with van der Waals surface area (Å²) in [7, 11) is 0. The van der Waals surface area contributed by atoms with Crippen LogP contribution in [0.2, 0.25) is 0 Å². The maximum Gasteiger partial charge on any atom is 0.159 e. The average molecular weight is 328 g/mol. The van der Waals surface area contributed by atoms with Crippen molar-refractivity contribution in [1.82, 2.24) is 9.97 Å². The first kappa shape index (κ1) is 14.7. The average Bonchev–Trinajstić information content (AvgIpc) is 3.22. The summed E-state index contributed by atoms with van der Waals surface area (Å²) in [5, 5.41) is 3.37. The van der Waals surface area contributed by atoms with Crippen LogP contribution in [-0.4, -0.2) is 23.1 Å². The van der Waals surface area contributed by atoms with Gasteiger partial charge in [0.2, 0.25) is 0 Å². The summed E-state index contributed by atoms with van der Waals surface area (Å²) < 4.78 is 6.64. The van der Waals surface area contributed by atoms with E-state index < -0.39 is 0 Å². The van der Waals surface area contributed by atoms with Crippen LogP contribution in [0.3, 0.4) is 0 Å². The van der Waals surface area contributed by atoms with E-state index in [9.17, 15) is 0 Å². The summed E-state index contributed by atoms with van der Waals surface area (Å²) in [6.07, 6.45) is 3.47. The quantitative estimate of drug-likeness (QED) is 0.821. The van der Waals surface area contributed by atoms with E-state index in [1.165, 1.54) is 12.8 Å². The lowest BCUT2D eigenvalue weighted by Crippen LogP contribution is -2.12. The van der Waals surface area contributed by atoms with E-state index in [2.05, 4.69) is 33.2 Å². The zero-order chi connectivity index (χ0) is 13.8. The minimum atomic E-state index is -0.0576. The summed E-state index contributed by atoms with van der Waals surface area (Å²) in [5.41, 5.74) is 1.13. The molecule has 1 aromatic rings. The van der Waals surface area contributed by atoms with Gasteiger partial charge in [0.15, 0.2) is 5.82 Å². The van der Waals surface area contributed by atoms with Gasteiger partial charge in [0, 0.05) is 19.1 Å². The molecule has 4 nitrogen and oxygen atoms in total. The topological polar surface area (TPSA) is 47.0 Å². The van der Waals surface area contributed by atoms with Gasteiger partial charge in [-0.3, -0.25) is 0 Å². The summed E-state index contributed by atoms with van der Waals surface area (Å²) in [6.45, 7) is 7.74. The molecule has 0 aliphatic heterocycles. The monoisotopic (exact) mass is 327 g/mol. The molecule has 0 radical (unpaired) electrons. The molecule has 1 aromatic heterocycles. The van der Waals surface area contributed by atoms with Crippen molar-refractivity contribution in [2.24, 2.45) is 0 Å². The van der Waals surface area contributed by atoms with E-state index >= 15 is 0 Å². The second-order valence-electron chi connectivity index (χ2n) is 4.93. The molecular weight excluding hydrogens is 306 g/mol. The highest BCUT2D eigenvalue weighted by molar-refractivity contribution is 9.10. The van der Waals surface area contributed by atoms with Crippen molar-refractivity contribution < 1.29 is 4.74 Å². The Labute approximate surface area is 123 Å². The van der Waals surface area contributed by atoms with E-state index in [0.29, 0.717) is 12.5 Å². The summed E-state index contributed by atoms with van der Waals surface area (Å²) >= 11 is 3.65. The number of hydrogen-bond donors (Lipinski definition) is 1. The number of rotatable bonds is 7. The fraction of sp³-hybridized carbons (Fsp3) is 0.714. The van der Waals surface area contributed by atoms with Gasteiger partial charge < -0.3 is 10.1 Å². The van der Waals surface area contributed by atoms with Gasteiger partial charge in [-0.25, -0.2) is 9.97 Å². The molecule has 1 aliphatic carbocycles. The number of nitrogens with one attached hydrogen (secondary N) is 1. The molecule has 2 rings (SSSR count). The predicted molar refractivity (Wildman–Crippen MR) is 80.5 cm³/mol. The Bertz CT molecular complexity index is 435. The molecule has 0 amide bonds. The third-order valence-electron chi connectivity index (χ3n) is 3.18. The fourth-order valence-corrected chi connectivity index (χ4v) is 2.62. The third kappa shape index (κ3) is 3.66. The van der Waals surface area contributed by atoms with Gasteiger partial charge in [-0.1, -0.05) is 6.92 Å². The van der Waals surface area contributed by atoms with Crippen molar-refractivity contribution in [1.29, 1.82) is 0 Å². The Hall–Kier alpha value is -0.680. The maximum absolute atomic E-state index is 5.61. The van der Waals surface area contributed by atoms with Crippen molar-refractivity contribution in [3.8, 4) is 0 Å². The van der Waals surface area contributed by atoms with Gasteiger partial charge in [0.1, 0.15) is 11.9 Å². The lowest BCUT2D eigenvalue weighted by atomic mass is 10.2. The van der Waals surface area contributed by atoms with Crippen LogP contribution in [0.25, 0.3) is 0 Å². The number of halogens is 1. The Morgan fingerprint density at radius 1 is 1.37 bits per heavy atom. The molecule has 106 valence electrons. The molecule has 0 saturated heterocycles. The Balaban J connectivity index is 2.30. The van der Waals surface area contributed by atoms with E-state index in [1.807, 2.05) is 13.8 Å². The molecule has 1 unspecified atom stereocenters. The lowest BCUT2D eigenvalue weighted by Gasteiger charge is -2.16. The number of anilines is 1. The second kappa shape index (κ2) is 6.66. The Kier molecular flexibility index (Phi) is 5.16. The molecule has 0 bridgehead atoms. The van der Waals surface area contributed by atoms with Crippen LogP contribution in [-0.2, 0) is 4.74 Å². The van der Waals surface area contributed by atoms with Gasteiger partial charge in [-0.15, -0.1) is 0 Å². The van der Waals surface area contributed by atoms with Crippen molar-refractivity contribution >= 4 is 21.7 Å². The van der Waals surface area contributed by atoms with Crippen molar-refractivity contribution in [2.75, 3.05) is 18.5 Å². The normalized spacial score (nSPS) is 16.4. The molecule has 1 atom stereocenters. The van der Waals surface area contributed by atoms with Crippen LogP contribution in [0.1, 0.15) is 63.6 Å². The van der Waals surface area contributed by atoms with Crippen molar-refractivity contribution in [3.63, 3.8) is 0 Å². The minimum absolute atomic E-state index is 0.0576. The number of ether oxygens (including phenoxy) is 1. The molecule has 0 aromatic carbocycles. The summed E-state index contributed by atoms with van der Waals surface area (Å²) in [5.74, 6) is 2.28. The zero-order valence-corrected chi connectivity index (χ0v) is 13.5. The molecule has 1 fully saturated rings. The number of hydrogen-bond acceptors (Lipinski definition) is 4. The summed E-state index contributed by atoms with van der Waals surface area (Å²) in [4.78, 5) is 9.30. The van der Waals surface area contributed by atoms with Crippen LogP contribution in [0, 0.1) is 0 Å². The van der Waals surface area contributed by atoms with Crippen LogP contribution in [0.5, 0.6) is 0 Å². The van der Waals surface area contributed by atoms with Crippen molar-refractivity contribution in [3.05, 3.63) is 16.0 Å². The standard InChI is InChI=1S/C14H22BrN3O/c1-4-8-16-14-11(15)12(10-6-7-10)17-13(18-14)9(3)19-5-2/h9-10H,4-8H2,1-3H3,(H,16,17,18). The van der Waals surface area contributed by atoms with Crippen LogP contribution in [0.4, 0.5) is 5.82 Å². The van der Waals surface area contributed by atoms with Gasteiger partial charge in [-0.05, 0) is 49.0 Å². The molecular formula is C14H22BrN3O. The minimum Gasteiger partial charge on any atom is -0.371 e. The highest BCUT2D eigenvalue weighted by Gasteiger charge is 2.30. The van der Waals surface area contributed by atoms with E-state index in [1.54, 1.807) is 0 Å². The van der Waals surface area contributed by atoms with Crippen LogP contribution < -0.4 is 5.32 Å². The smallest absolute Gasteiger partial charge is 0.159 e. The van der Waals surface area contributed by atoms with Gasteiger partial charge in [0.05, 0.1) is 10.2 Å². The van der Waals surface area contributed by atoms with Gasteiger partial charge in [0.25, 0.3) is 0 Å². The molecule has 0 spiro atoms. The SMILES string of the molecule is CCCNc1nc(C(C)OCC)nc(C2CC2)c1Br. The van der Waals surface area contributed by atoms with Gasteiger partial charge in [-0.2, -0.15) is 0 Å². The number of aromatic nitrogens is 2. The van der Waals surface area contributed by atoms with Gasteiger partial charge >= 0.3 is 0 Å². The molecule has 1 heterocycles.